The van der Waals surface area contributed by atoms with E-state index in [0.29, 0.717) is 6.54 Å². The third kappa shape index (κ3) is 1.24. The number of hydrogen-bond acceptors (Lipinski definition) is 1. The molecule has 2 rings (SSSR count). The molecule has 0 atom stereocenters. The molecule has 0 aromatic heterocycles. The summed E-state index contributed by atoms with van der Waals surface area (Å²) >= 11 is 0. The summed E-state index contributed by atoms with van der Waals surface area (Å²) in [7, 11) is 0. The van der Waals surface area contributed by atoms with E-state index < -0.39 is 0 Å². The molecule has 0 radical (unpaired) electrons. The Morgan fingerprint density at radius 1 is 1.54 bits per heavy atom. The van der Waals surface area contributed by atoms with Crippen molar-refractivity contribution in [1.29, 1.82) is 0 Å². The van der Waals surface area contributed by atoms with Crippen molar-refractivity contribution < 1.29 is 4.79 Å². The summed E-state index contributed by atoms with van der Waals surface area (Å²) in [5.41, 5.74) is 4.01. The Balaban J connectivity index is 2.51. The number of nitrogens with one attached hydrogen (secondary N) is 1. The van der Waals surface area contributed by atoms with Crippen LogP contribution in [-0.4, -0.2) is 5.91 Å². The van der Waals surface area contributed by atoms with Crippen LogP contribution in [-0.2, 0) is 6.54 Å². The van der Waals surface area contributed by atoms with Gasteiger partial charge in [0.15, 0.2) is 0 Å². The summed E-state index contributed by atoms with van der Waals surface area (Å²) in [5.74, 6) is 0.0308. The Bertz CT molecular complexity index is 393. The summed E-state index contributed by atoms with van der Waals surface area (Å²) in [6, 6.07) is 5.82. The molecule has 0 bridgehead atoms. The molecule has 1 heterocycles. The van der Waals surface area contributed by atoms with E-state index in [1.54, 1.807) is 0 Å². The molecule has 1 aliphatic rings. The Morgan fingerprint density at radius 3 is 3.00 bits per heavy atom. The topological polar surface area (TPSA) is 29.1 Å². The van der Waals surface area contributed by atoms with Crippen molar-refractivity contribution in [2.24, 2.45) is 0 Å². The van der Waals surface area contributed by atoms with Crippen LogP contribution in [0.3, 0.4) is 0 Å². The van der Waals surface area contributed by atoms with Crippen molar-refractivity contribution in [3.8, 4) is 0 Å². The first-order valence-corrected chi connectivity index (χ1v) is 4.25. The smallest absolute Gasteiger partial charge is 0.251 e. The first-order valence-electron chi connectivity index (χ1n) is 4.25. The quantitative estimate of drug-likeness (QED) is 0.691. The van der Waals surface area contributed by atoms with E-state index in [0.717, 1.165) is 22.3 Å². The summed E-state index contributed by atoms with van der Waals surface area (Å²) in [4.78, 5) is 11.2. The summed E-state index contributed by atoms with van der Waals surface area (Å²) in [6.45, 7) is 6.48. The normalized spacial score (nSPS) is 13.8. The van der Waals surface area contributed by atoms with Gasteiger partial charge < -0.3 is 5.32 Å². The predicted molar refractivity (Wildman–Crippen MR) is 52.3 cm³/mol. The molecule has 0 fully saturated rings. The van der Waals surface area contributed by atoms with Crippen LogP contribution < -0.4 is 5.32 Å². The van der Waals surface area contributed by atoms with Crippen molar-refractivity contribution in [3.05, 3.63) is 41.5 Å². The number of allylic oxidation sites excluding steroid dienone is 1. The van der Waals surface area contributed by atoms with Crippen LogP contribution in [0.2, 0.25) is 0 Å². The van der Waals surface area contributed by atoms with Gasteiger partial charge in [0.05, 0.1) is 0 Å². The van der Waals surface area contributed by atoms with E-state index in [2.05, 4.69) is 11.9 Å². The zero-order chi connectivity index (χ0) is 9.42. The third-order valence-corrected chi connectivity index (χ3v) is 2.28. The third-order valence-electron chi connectivity index (χ3n) is 2.28. The highest BCUT2D eigenvalue weighted by atomic mass is 16.1. The van der Waals surface area contributed by atoms with E-state index >= 15 is 0 Å². The molecule has 0 saturated heterocycles. The van der Waals surface area contributed by atoms with E-state index in [4.69, 9.17) is 0 Å². The maximum Gasteiger partial charge on any atom is 0.251 e. The first kappa shape index (κ1) is 8.05. The van der Waals surface area contributed by atoms with Gasteiger partial charge >= 0.3 is 0 Å². The predicted octanol–water partition coefficient (Wildman–Crippen LogP) is 1.96. The summed E-state index contributed by atoms with van der Waals surface area (Å²) < 4.78 is 0. The molecular formula is C11H11NO. The molecule has 66 valence electrons. The Hall–Kier alpha value is -1.57. The molecule has 0 aliphatic carbocycles. The van der Waals surface area contributed by atoms with Crippen LogP contribution in [0.4, 0.5) is 0 Å². The molecule has 1 aliphatic heterocycles. The highest BCUT2D eigenvalue weighted by Gasteiger charge is 2.18. The molecule has 2 heteroatoms. The zero-order valence-corrected chi connectivity index (χ0v) is 7.55. The maximum atomic E-state index is 11.2. The summed E-state index contributed by atoms with van der Waals surface area (Å²) in [5, 5.41) is 2.78. The highest BCUT2D eigenvalue weighted by molar-refractivity contribution is 5.98. The number of rotatable bonds is 1. The van der Waals surface area contributed by atoms with E-state index in [9.17, 15) is 4.79 Å². The van der Waals surface area contributed by atoms with Crippen LogP contribution in [0.1, 0.15) is 28.4 Å². The molecule has 1 N–H and O–H groups in total. The number of fused-ring (bicyclic) bond motifs is 1. The second-order valence-electron chi connectivity index (χ2n) is 3.33. The highest BCUT2D eigenvalue weighted by Crippen LogP contribution is 2.20. The van der Waals surface area contributed by atoms with Crippen molar-refractivity contribution in [1.82, 2.24) is 5.32 Å². The lowest BCUT2D eigenvalue weighted by molar-refractivity contribution is 0.0966. The number of carbonyl (C=O) groups excluding carboxylic acids is 1. The molecule has 0 unspecified atom stereocenters. The van der Waals surface area contributed by atoms with Crippen LogP contribution in [0.25, 0.3) is 5.57 Å². The number of carbonyl (C=O) groups is 1. The number of amides is 1. The average molecular weight is 173 g/mol. The van der Waals surface area contributed by atoms with Crippen molar-refractivity contribution in [2.75, 3.05) is 0 Å². The number of hydrogen-bond donors (Lipinski definition) is 1. The maximum absolute atomic E-state index is 11.2. The molecule has 1 amide bonds. The lowest BCUT2D eigenvalue weighted by Crippen LogP contribution is -2.12. The molecular weight excluding hydrogens is 162 g/mol. The molecule has 0 spiro atoms. The van der Waals surface area contributed by atoms with Crippen molar-refractivity contribution in [3.63, 3.8) is 0 Å². The second-order valence-corrected chi connectivity index (χ2v) is 3.33. The largest absolute Gasteiger partial charge is 0.348 e. The lowest BCUT2D eigenvalue weighted by atomic mass is 10.0. The second kappa shape index (κ2) is 2.73. The Labute approximate surface area is 77.3 Å². The molecule has 2 nitrogen and oxygen atoms in total. The van der Waals surface area contributed by atoms with Crippen LogP contribution in [0, 0.1) is 0 Å². The van der Waals surface area contributed by atoms with Gasteiger partial charge in [-0.15, -0.1) is 0 Å². The van der Waals surface area contributed by atoms with Crippen LogP contribution in [0.15, 0.2) is 24.8 Å². The fourth-order valence-corrected chi connectivity index (χ4v) is 1.50. The van der Waals surface area contributed by atoms with Gasteiger partial charge in [0.1, 0.15) is 0 Å². The van der Waals surface area contributed by atoms with Crippen molar-refractivity contribution >= 4 is 11.5 Å². The van der Waals surface area contributed by atoms with Crippen LogP contribution in [0.5, 0.6) is 0 Å². The minimum atomic E-state index is 0.0308. The zero-order valence-electron chi connectivity index (χ0n) is 7.55. The molecule has 1 aromatic rings. The van der Waals surface area contributed by atoms with Gasteiger partial charge in [-0.3, -0.25) is 4.79 Å². The minimum absolute atomic E-state index is 0.0308. The van der Waals surface area contributed by atoms with Gasteiger partial charge in [0.2, 0.25) is 0 Å². The van der Waals surface area contributed by atoms with Gasteiger partial charge in [0.25, 0.3) is 5.91 Å². The molecule has 0 saturated carbocycles. The minimum Gasteiger partial charge on any atom is -0.348 e. The van der Waals surface area contributed by atoms with Gasteiger partial charge in [-0.05, 0) is 30.2 Å². The fraction of sp³-hybridized carbons (Fsp3) is 0.182. The lowest BCUT2D eigenvalue weighted by Gasteiger charge is -2.01. The van der Waals surface area contributed by atoms with Gasteiger partial charge in [-0.25, -0.2) is 0 Å². The van der Waals surface area contributed by atoms with Crippen LogP contribution >= 0.6 is 0 Å². The monoisotopic (exact) mass is 173 g/mol. The van der Waals surface area contributed by atoms with E-state index in [1.807, 2.05) is 25.1 Å². The average Bonchev–Trinajstić information content (AvgIpc) is 2.47. The fourth-order valence-electron chi connectivity index (χ4n) is 1.50. The van der Waals surface area contributed by atoms with E-state index in [-0.39, 0.29) is 5.91 Å². The SMILES string of the molecule is C=C(C)c1ccc2c(c1)CNC2=O. The summed E-state index contributed by atoms with van der Waals surface area (Å²) in [6.07, 6.45) is 0. The van der Waals surface area contributed by atoms with Gasteiger partial charge in [-0.2, -0.15) is 0 Å². The van der Waals surface area contributed by atoms with Gasteiger partial charge in [-0.1, -0.05) is 18.2 Å². The van der Waals surface area contributed by atoms with Gasteiger partial charge in [0, 0.05) is 12.1 Å². The Morgan fingerprint density at radius 2 is 2.31 bits per heavy atom. The van der Waals surface area contributed by atoms with E-state index in [1.165, 1.54) is 0 Å². The molecule has 13 heavy (non-hydrogen) atoms. The standard InChI is InChI=1S/C11H11NO/c1-7(2)8-3-4-10-9(5-8)6-12-11(10)13/h3-5H,1,6H2,2H3,(H,12,13). The first-order chi connectivity index (χ1) is 6.18. The van der Waals surface area contributed by atoms with Crippen molar-refractivity contribution in [2.45, 2.75) is 13.5 Å². The molecule has 1 aromatic carbocycles. The number of benzene rings is 1. The Kier molecular flexibility index (Phi) is 1.69.